The molecule has 1 rings (SSSR count). The highest BCUT2D eigenvalue weighted by Crippen LogP contribution is 2.32. The predicted octanol–water partition coefficient (Wildman–Crippen LogP) is 5.89. The van der Waals surface area contributed by atoms with Crippen LogP contribution < -0.4 is 0 Å². The second-order valence-corrected chi connectivity index (χ2v) is 11.0. The molecule has 0 atom stereocenters. The van der Waals surface area contributed by atoms with E-state index in [0.29, 0.717) is 0 Å². The largest absolute Gasteiger partial charge is 0.372 e. The van der Waals surface area contributed by atoms with Crippen molar-refractivity contribution < 1.29 is 4.74 Å². The first-order valence-corrected chi connectivity index (χ1v) is 11.3. The Balaban J connectivity index is 2.89. The Morgan fingerprint density at radius 3 is 1.80 bits per heavy atom. The Hall–Kier alpha value is -0.343. The third-order valence-corrected chi connectivity index (χ3v) is 9.56. The van der Waals surface area contributed by atoms with Crippen molar-refractivity contribution >= 4 is 8.07 Å². The van der Waals surface area contributed by atoms with Gasteiger partial charge in [0.15, 0.2) is 0 Å². The molecular formula is C18H34OSi. The highest BCUT2D eigenvalue weighted by Gasteiger charge is 2.30. The molecule has 1 nitrogen and oxygen atoms in total. The third kappa shape index (κ3) is 5.57. The summed E-state index contributed by atoms with van der Waals surface area (Å²) in [6, 6.07) is 4.42. The SMILES string of the molecule is C=C1COC/C1=C\[Si](CCCC)(CCCC)CCCC. The molecule has 0 aliphatic carbocycles. The molecule has 1 saturated heterocycles. The summed E-state index contributed by atoms with van der Waals surface area (Å²) >= 11 is 0. The van der Waals surface area contributed by atoms with E-state index in [1.807, 2.05) is 0 Å². The Bertz CT molecular complexity index is 298. The molecule has 0 aromatic heterocycles. The van der Waals surface area contributed by atoms with Gasteiger partial charge in [-0.3, -0.25) is 0 Å². The number of hydrogen-bond acceptors (Lipinski definition) is 1. The van der Waals surface area contributed by atoms with Crippen LogP contribution in [-0.2, 0) is 4.74 Å². The Labute approximate surface area is 127 Å². The summed E-state index contributed by atoms with van der Waals surface area (Å²) in [5.74, 6) is 0. The highest BCUT2D eigenvalue weighted by atomic mass is 28.3. The van der Waals surface area contributed by atoms with Gasteiger partial charge < -0.3 is 4.74 Å². The molecule has 1 heterocycles. The lowest BCUT2D eigenvalue weighted by atomic mass is 10.2. The van der Waals surface area contributed by atoms with Gasteiger partial charge in [-0.1, -0.05) is 89.7 Å². The number of unbranched alkanes of at least 4 members (excludes halogenated alkanes) is 3. The van der Waals surface area contributed by atoms with Gasteiger partial charge in [-0.2, -0.15) is 0 Å². The van der Waals surface area contributed by atoms with Crippen LogP contribution in [0.3, 0.4) is 0 Å². The fourth-order valence-electron chi connectivity index (χ4n) is 3.17. The number of rotatable bonds is 10. The zero-order valence-corrected chi connectivity index (χ0v) is 15.0. The molecule has 116 valence electrons. The Kier molecular flexibility index (Phi) is 8.47. The van der Waals surface area contributed by atoms with Crippen molar-refractivity contribution in [3.63, 3.8) is 0 Å². The van der Waals surface area contributed by atoms with Crippen LogP contribution in [0.2, 0.25) is 18.1 Å². The lowest BCUT2D eigenvalue weighted by Crippen LogP contribution is -2.32. The number of ether oxygens (including phenoxy) is 1. The topological polar surface area (TPSA) is 9.23 Å². The van der Waals surface area contributed by atoms with E-state index in [0.717, 1.165) is 13.2 Å². The van der Waals surface area contributed by atoms with Crippen LogP contribution in [0, 0.1) is 0 Å². The van der Waals surface area contributed by atoms with Crippen LogP contribution in [0.15, 0.2) is 23.4 Å². The normalized spacial score (nSPS) is 18.1. The minimum absolute atomic E-state index is 0.756. The molecule has 1 fully saturated rings. The Morgan fingerprint density at radius 1 is 0.950 bits per heavy atom. The lowest BCUT2D eigenvalue weighted by molar-refractivity contribution is 0.215. The monoisotopic (exact) mass is 294 g/mol. The maximum absolute atomic E-state index is 5.58. The molecule has 2 heteroatoms. The van der Waals surface area contributed by atoms with Gasteiger partial charge in [-0.05, 0) is 11.1 Å². The van der Waals surface area contributed by atoms with Crippen molar-refractivity contribution in [1.29, 1.82) is 0 Å². The summed E-state index contributed by atoms with van der Waals surface area (Å²) in [6.07, 6.45) is 8.18. The first-order chi connectivity index (χ1) is 9.67. The van der Waals surface area contributed by atoms with E-state index in [4.69, 9.17) is 4.74 Å². The van der Waals surface area contributed by atoms with Gasteiger partial charge in [0, 0.05) is 0 Å². The van der Waals surface area contributed by atoms with E-state index in [9.17, 15) is 0 Å². The summed E-state index contributed by atoms with van der Waals surface area (Å²) in [7, 11) is -1.27. The van der Waals surface area contributed by atoms with E-state index in [2.05, 4.69) is 33.0 Å². The Morgan fingerprint density at radius 2 is 1.45 bits per heavy atom. The lowest BCUT2D eigenvalue weighted by Gasteiger charge is -2.30. The van der Waals surface area contributed by atoms with Crippen LogP contribution in [0.5, 0.6) is 0 Å². The van der Waals surface area contributed by atoms with Crippen molar-refractivity contribution in [3.05, 3.63) is 23.4 Å². The molecule has 0 unspecified atom stereocenters. The van der Waals surface area contributed by atoms with Gasteiger partial charge in [0.2, 0.25) is 0 Å². The van der Waals surface area contributed by atoms with Crippen LogP contribution in [0.4, 0.5) is 0 Å². The molecular weight excluding hydrogens is 260 g/mol. The molecule has 0 amide bonds. The summed E-state index contributed by atoms with van der Waals surface area (Å²) in [5.41, 5.74) is 5.38. The molecule has 1 aliphatic heterocycles. The zero-order valence-electron chi connectivity index (χ0n) is 14.0. The van der Waals surface area contributed by atoms with Crippen LogP contribution in [0.25, 0.3) is 0 Å². The van der Waals surface area contributed by atoms with E-state index in [-0.39, 0.29) is 0 Å². The second-order valence-electron chi connectivity index (χ2n) is 6.44. The van der Waals surface area contributed by atoms with E-state index in [1.54, 1.807) is 0 Å². The quantitative estimate of drug-likeness (QED) is 0.457. The highest BCUT2D eigenvalue weighted by molar-refractivity contribution is 6.84. The van der Waals surface area contributed by atoms with Gasteiger partial charge in [-0.15, -0.1) is 0 Å². The average Bonchev–Trinajstić information content (AvgIpc) is 2.85. The van der Waals surface area contributed by atoms with E-state index < -0.39 is 8.07 Å². The van der Waals surface area contributed by atoms with Crippen molar-refractivity contribution in [3.8, 4) is 0 Å². The molecule has 1 aliphatic rings. The fourth-order valence-corrected chi connectivity index (χ4v) is 8.55. The molecule has 0 radical (unpaired) electrons. The number of hydrogen-bond donors (Lipinski definition) is 0. The second kappa shape index (κ2) is 9.57. The van der Waals surface area contributed by atoms with Crippen LogP contribution in [-0.4, -0.2) is 21.3 Å². The van der Waals surface area contributed by atoms with Gasteiger partial charge >= 0.3 is 0 Å². The van der Waals surface area contributed by atoms with Crippen molar-refractivity contribution in [2.24, 2.45) is 0 Å². The average molecular weight is 295 g/mol. The predicted molar refractivity (Wildman–Crippen MR) is 92.9 cm³/mol. The molecule has 0 aromatic rings. The minimum Gasteiger partial charge on any atom is -0.372 e. The van der Waals surface area contributed by atoms with Gasteiger partial charge in [0.05, 0.1) is 21.3 Å². The van der Waals surface area contributed by atoms with E-state index in [1.165, 1.54) is 67.8 Å². The molecule has 0 saturated carbocycles. The maximum atomic E-state index is 5.58. The van der Waals surface area contributed by atoms with Gasteiger partial charge in [0.25, 0.3) is 0 Å². The molecule has 0 spiro atoms. The summed E-state index contributed by atoms with van der Waals surface area (Å²) in [6.45, 7) is 12.7. The first kappa shape index (κ1) is 17.7. The molecule has 0 N–H and O–H groups in total. The van der Waals surface area contributed by atoms with Crippen LogP contribution >= 0.6 is 0 Å². The van der Waals surface area contributed by atoms with E-state index >= 15 is 0 Å². The van der Waals surface area contributed by atoms with Gasteiger partial charge in [0.1, 0.15) is 0 Å². The fraction of sp³-hybridized carbons (Fsp3) is 0.778. The van der Waals surface area contributed by atoms with Crippen LogP contribution in [0.1, 0.15) is 59.3 Å². The minimum atomic E-state index is -1.27. The molecule has 0 bridgehead atoms. The summed E-state index contributed by atoms with van der Waals surface area (Å²) < 4.78 is 5.58. The standard InChI is InChI=1S/C18H34OSi/c1-5-8-11-20(12-9-6-2,13-10-7-3)16-18-15-19-14-17(18)4/h16H,4-15H2,1-3H3/b18-16+. The van der Waals surface area contributed by atoms with Crippen molar-refractivity contribution in [2.75, 3.05) is 13.2 Å². The summed E-state index contributed by atoms with van der Waals surface area (Å²) in [5, 5.41) is 0. The zero-order chi connectivity index (χ0) is 14.8. The summed E-state index contributed by atoms with van der Waals surface area (Å²) in [4.78, 5) is 0. The maximum Gasteiger partial charge on any atom is 0.0783 e. The van der Waals surface area contributed by atoms with Gasteiger partial charge in [-0.25, -0.2) is 0 Å². The smallest absolute Gasteiger partial charge is 0.0783 e. The van der Waals surface area contributed by atoms with Crippen molar-refractivity contribution in [2.45, 2.75) is 77.4 Å². The van der Waals surface area contributed by atoms with Crippen molar-refractivity contribution in [1.82, 2.24) is 0 Å². The molecule has 20 heavy (non-hydrogen) atoms. The third-order valence-electron chi connectivity index (χ3n) is 4.55. The first-order valence-electron chi connectivity index (χ1n) is 8.65. The molecule has 0 aromatic carbocycles.